The van der Waals surface area contributed by atoms with Gasteiger partial charge in [0.05, 0.1) is 5.69 Å². The molecule has 2 aliphatic rings. The zero-order chi connectivity index (χ0) is 14.3. The van der Waals surface area contributed by atoms with Crippen molar-refractivity contribution in [2.75, 3.05) is 18.0 Å². The van der Waals surface area contributed by atoms with Gasteiger partial charge >= 0.3 is 0 Å². The van der Waals surface area contributed by atoms with Gasteiger partial charge in [-0.15, -0.1) is 0 Å². The van der Waals surface area contributed by atoms with E-state index in [0.29, 0.717) is 0 Å². The van der Waals surface area contributed by atoms with Crippen LogP contribution in [0.15, 0.2) is 0 Å². The Kier molecular flexibility index (Phi) is 3.76. The summed E-state index contributed by atoms with van der Waals surface area (Å²) in [6, 6.07) is 0.754. The Labute approximate surface area is 122 Å². The Balaban J connectivity index is 1.77. The maximum atomic E-state index is 4.66. The van der Waals surface area contributed by atoms with Gasteiger partial charge in [0.15, 0.2) is 0 Å². The summed E-state index contributed by atoms with van der Waals surface area (Å²) in [4.78, 5) is 2.55. The predicted octanol–water partition coefficient (Wildman–Crippen LogP) is 2.46. The maximum absolute atomic E-state index is 4.66. The van der Waals surface area contributed by atoms with Crippen molar-refractivity contribution < 1.29 is 0 Å². The second kappa shape index (κ2) is 5.40. The highest BCUT2D eigenvalue weighted by atomic mass is 15.4. The average molecular weight is 276 g/mol. The van der Waals surface area contributed by atoms with Crippen LogP contribution in [-0.2, 0) is 13.6 Å². The molecular formula is C16H28N4. The molecule has 2 fully saturated rings. The summed E-state index contributed by atoms with van der Waals surface area (Å²) in [7, 11) is 2.09. The minimum Gasteiger partial charge on any atom is -0.356 e. The highest BCUT2D eigenvalue weighted by Gasteiger charge is 2.29. The van der Waals surface area contributed by atoms with Crippen LogP contribution < -0.4 is 10.2 Å². The van der Waals surface area contributed by atoms with Crippen molar-refractivity contribution in [2.24, 2.45) is 18.9 Å². The lowest BCUT2D eigenvalue weighted by Crippen LogP contribution is -2.26. The molecule has 0 radical (unpaired) electrons. The number of nitrogens with zero attached hydrogens (tertiary/aromatic N) is 3. The zero-order valence-electron chi connectivity index (χ0n) is 13.3. The lowest BCUT2D eigenvalue weighted by atomic mass is 9.95. The summed E-state index contributed by atoms with van der Waals surface area (Å²) in [6.07, 6.45) is 4.00. The molecule has 1 saturated carbocycles. The fourth-order valence-corrected chi connectivity index (χ4v) is 3.35. The van der Waals surface area contributed by atoms with E-state index >= 15 is 0 Å². The average Bonchev–Trinajstić information content (AvgIpc) is 3.00. The van der Waals surface area contributed by atoms with Gasteiger partial charge in [-0.2, -0.15) is 5.10 Å². The first kappa shape index (κ1) is 13.9. The van der Waals surface area contributed by atoms with Crippen molar-refractivity contribution in [1.82, 2.24) is 15.1 Å². The molecule has 1 saturated heterocycles. The van der Waals surface area contributed by atoms with Crippen molar-refractivity contribution in [3.05, 3.63) is 11.3 Å². The molecular weight excluding hydrogens is 248 g/mol. The number of hydrogen-bond donors (Lipinski definition) is 1. The molecule has 2 heterocycles. The lowest BCUT2D eigenvalue weighted by Gasteiger charge is -2.22. The number of aryl methyl sites for hydroxylation is 2. The van der Waals surface area contributed by atoms with E-state index in [4.69, 9.17) is 0 Å². The van der Waals surface area contributed by atoms with Crippen LogP contribution in [0.1, 0.15) is 44.4 Å². The van der Waals surface area contributed by atoms with Crippen LogP contribution >= 0.6 is 0 Å². The molecule has 1 unspecified atom stereocenters. The van der Waals surface area contributed by atoms with E-state index in [-0.39, 0.29) is 0 Å². The van der Waals surface area contributed by atoms with E-state index in [9.17, 15) is 0 Å². The number of anilines is 1. The normalized spacial score (nSPS) is 23.1. The van der Waals surface area contributed by atoms with E-state index < -0.39 is 0 Å². The van der Waals surface area contributed by atoms with E-state index in [2.05, 4.69) is 47.8 Å². The van der Waals surface area contributed by atoms with Gasteiger partial charge in [0, 0.05) is 38.3 Å². The molecule has 4 nitrogen and oxygen atoms in total. The maximum Gasteiger partial charge on any atom is 0.131 e. The number of aromatic nitrogens is 2. The molecule has 0 bridgehead atoms. The third-order valence-corrected chi connectivity index (χ3v) is 4.93. The van der Waals surface area contributed by atoms with Gasteiger partial charge < -0.3 is 10.2 Å². The standard InChI is InChI=1S/C16H28N4/c1-11(2)13-7-8-20(10-13)16-15(9-17-14-5-6-14)12(3)18-19(16)4/h11,13-14,17H,5-10H2,1-4H3. The van der Waals surface area contributed by atoms with E-state index in [0.717, 1.165) is 24.4 Å². The Morgan fingerprint density at radius 2 is 2.05 bits per heavy atom. The third-order valence-electron chi connectivity index (χ3n) is 4.93. The topological polar surface area (TPSA) is 33.1 Å². The minimum absolute atomic E-state index is 0.754. The fourth-order valence-electron chi connectivity index (χ4n) is 3.35. The first-order chi connectivity index (χ1) is 9.56. The van der Waals surface area contributed by atoms with Crippen molar-refractivity contribution in [3.8, 4) is 0 Å². The molecule has 1 N–H and O–H groups in total. The van der Waals surface area contributed by atoms with Gasteiger partial charge in [0.2, 0.25) is 0 Å². The molecule has 0 amide bonds. The number of nitrogens with one attached hydrogen (secondary N) is 1. The first-order valence-corrected chi connectivity index (χ1v) is 8.07. The zero-order valence-corrected chi connectivity index (χ0v) is 13.3. The van der Waals surface area contributed by atoms with E-state index in [1.165, 1.54) is 49.4 Å². The molecule has 1 aromatic heterocycles. The van der Waals surface area contributed by atoms with Gasteiger partial charge in [-0.1, -0.05) is 13.8 Å². The monoisotopic (exact) mass is 276 g/mol. The lowest BCUT2D eigenvalue weighted by molar-refractivity contribution is 0.422. The highest BCUT2D eigenvalue weighted by Crippen LogP contribution is 2.32. The summed E-state index contributed by atoms with van der Waals surface area (Å²) in [5.74, 6) is 2.95. The molecule has 1 aliphatic carbocycles. The van der Waals surface area contributed by atoms with Gasteiger partial charge in [-0.25, -0.2) is 0 Å². The van der Waals surface area contributed by atoms with Crippen LogP contribution in [-0.4, -0.2) is 28.9 Å². The third kappa shape index (κ3) is 2.71. The van der Waals surface area contributed by atoms with Crippen LogP contribution in [0.25, 0.3) is 0 Å². The summed E-state index contributed by atoms with van der Waals surface area (Å²) in [5, 5.41) is 8.30. The molecule has 1 aliphatic heterocycles. The van der Waals surface area contributed by atoms with Crippen molar-refractivity contribution in [1.29, 1.82) is 0 Å². The SMILES string of the molecule is Cc1nn(C)c(N2CCC(C(C)C)C2)c1CNC1CC1. The molecule has 0 aromatic carbocycles. The van der Waals surface area contributed by atoms with Crippen molar-refractivity contribution >= 4 is 5.82 Å². The van der Waals surface area contributed by atoms with E-state index in [1.807, 2.05) is 0 Å². The van der Waals surface area contributed by atoms with Gasteiger partial charge in [0.1, 0.15) is 5.82 Å². The summed E-state index contributed by atoms with van der Waals surface area (Å²) in [5.41, 5.74) is 2.59. The van der Waals surface area contributed by atoms with Crippen molar-refractivity contribution in [2.45, 2.75) is 52.6 Å². The molecule has 3 rings (SSSR count). The molecule has 112 valence electrons. The fraction of sp³-hybridized carbons (Fsp3) is 0.812. The summed E-state index contributed by atoms with van der Waals surface area (Å²) in [6.45, 7) is 10.2. The first-order valence-electron chi connectivity index (χ1n) is 8.07. The van der Waals surface area contributed by atoms with Crippen LogP contribution in [0.5, 0.6) is 0 Å². The molecule has 0 spiro atoms. The molecule has 4 heteroatoms. The van der Waals surface area contributed by atoms with Crippen LogP contribution in [0.3, 0.4) is 0 Å². The van der Waals surface area contributed by atoms with E-state index in [1.54, 1.807) is 0 Å². The summed E-state index contributed by atoms with van der Waals surface area (Å²) >= 11 is 0. The highest BCUT2D eigenvalue weighted by molar-refractivity contribution is 5.51. The summed E-state index contributed by atoms with van der Waals surface area (Å²) < 4.78 is 2.09. The predicted molar refractivity (Wildman–Crippen MR) is 83.0 cm³/mol. The van der Waals surface area contributed by atoms with Crippen LogP contribution in [0, 0.1) is 18.8 Å². The largest absolute Gasteiger partial charge is 0.356 e. The Morgan fingerprint density at radius 1 is 1.30 bits per heavy atom. The van der Waals surface area contributed by atoms with Gasteiger partial charge in [-0.3, -0.25) is 4.68 Å². The molecule has 1 aromatic rings. The quantitative estimate of drug-likeness (QED) is 0.897. The van der Waals surface area contributed by atoms with Gasteiger partial charge in [0.25, 0.3) is 0 Å². The van der Waals surface area contributed by atoms with Gasteiger partial charge in [-0.05, 0) is 38.0 Å². The van der Waals surface area contributed by atoms with Crippen molar-refractivity contribution in [3.63, 3.8) is 0 Å². The molecule has 20 heavy (non-hydrogen) atoms. The Morgan fingerprint density at radius 3 is 2.65 bits per heavy atom. The number of rotatable bonds is 5. The van der Waals surface area contributed by atoms with Crippen LogP contribution in [0.2, 0.25) is 0 Å². The molecule has 1 atom stereocenters. The number of hydrogen-bond acceptors (Lipinski definition) is 3. The second-order valence-corrected chi connectivity index (χ2v) is 6.91. The minimum atomic E-state index is 0.754. The smallest absolute Gasteiger partial charge is 0.131 e. The Bertz CT molecular complexity index is 473. The second-order valence-electron chi connectivity index (χ2n) is 6.91. The van der Waals surface area contributed by atoms with Crippen LogP contribution in [0.4, 0.5) is 5.82 Å². The Hall–Kier alpha value is -1.03.